The summed E-state index contributed by atoms with van der Waals surface area (Å²) in [5.74, 6) is 2.25. The molecule has 6 rings (SSSR count). The fourth-order valence-electron chi connectivity index (χ4n) is 6.00. The second-order valence-corrected chi connectivity index (χ2v) is 10.8. The Morgan fingerprint density at radius 2 is 1.90 bits per heavy atom. The molecule has 1 atom stereocenters. The number of furan rings is 1. The zero-order valence-corrected chi connectivity index (χ0v) is 23.1. The molecular weight excluding hydrogens is 504 g/mol. The number of nitrogens with zero attached hydrogens (tertiary/aromatic N) is 5. The molecule has 2 aromatic carbocycles. The molecule has 1 aliphatic carbocycles. The lowest BCUT2D eigenvalue weighted by molar-refractivity contribution is 0.176. The van der Waals surface area contributed by atoms with Crippen LogP contribution in [0, 0.1) is 13.8 Å². The summed E-state index contributed by atoms with van der Waals surface area (Å²) < 4.78 is 13.1. The first-order chi connectivity index (χ1) is 19.5. The topological polar surface area (TPSA) is 102 Å². The highest BCUT2D eigenvalue weighted by Gasteiger charge is 2.34. The number of hydrogen-bond donors (Lipinski definition) is 1. The number of rotatable bonds is 9. The van der Waals surface area contributed by atoms with Crippen molar-refractivity contribution in [2.45, 2.75) is 64.7 Å². The minimum Gasteiger partial charge on any atom is -0.497 e. The van der Waals surface area contributed by atoms with E-state index in [9.17, 15) is 4.79 Å². The van der Waals surface area contributed by atoms with Crippen molar-refractivity contribution in [3.05, 3.63) is 105 Å². The SMILES string of the molecule is COc1ccc(CN(Cc2ccco2)C(c2cc3cc(C)cc(C)c3[nH]c2=O)c2nnnn2C2CCCC2)cc1. The van der Waals surface area contributed by atoms with Crippen LogP contribution in [0.4, 0.5) is 0 Å². The maximum atomic E-state index is 13.9. The van der Waals surface area contributed by atoms with Crippen molar-refractivity contribution in [1.29, 1.82) is 0 Å². The molecule has 9 heteroatoms. The average Bonchev–Trinajstić information content (AvgIpc) is 3.73. The van der Waals surface area contributed by atoms with Gasteiger partial charge in [0.15, 0.2) is 5.82 Å². The van der Waals surface area contributed by atoms with Crippen LogP contribution in [0.3, 0.4) is 0 Å². The van der Waals surface area contributed by atoms with Crippen molar-refractivity contribution in [3.63, 3.8) is 0 Å². The summed E-state index contributed by atoms with van der Waals surface area (Å²) in [6.45, 7) is 5.10. The number of methoxy groups -OCH3 is 1. The van der Waals surface area contributed by atoms with Crippen LogP contribution >= 0.6 is 0 Å². The third kappa shape index (κ3) is 5.16. The number of ether oxygens (including phenoxy) is 1. The van der Waals surface area contributed by atoms with Crippen molar-refractivity contribution < 1.29 is 9.15 Å². The van der Waals surface area contributed by atoms with Crippen LogP contribution in [0.2, 0.25) is 0 Å². The molecule has 0 amide bonds. The second kappa shape index (κ2) is 11.1. The van der Waals surface area contributed by atoms with E-state index in [-0.39, 0.29) is 11.6 Å². The fourth-order valence-corrected chi connectivity index (χ4v) is 6.00. The molecule has 0 bridgehead atoms. The Morgan fingerprint density at radius 3 is 2.62 bits per heavy atom. The summed E-state index contributed by atoms with van der Waals surface area (Å²) in [4.78, 5) is 19.3. The van der Waals surface area contributed by atoms with Crippen molar-refractivity contribution in [1.82, 2.24) is 30.1 Å². The second-order valence-electron chi connectivity index (χ2n) is 10.8. The molecule has 5 aromatic rings. The van der Waals surface area contributed by atoms with Crippen LogP contribution in [0.5, 0.6) is 5.75 Å². The maximum absolute atomic E-state index is 13.9. The molecule has 3 aromatic heterocycles. The van der Waals surface area contributed by atoms with Gasteiger partial charge < -0.3 is 14.1 Å². The molecule has 9 nitrogen and oxygen atoms in total. The fraction of sp³-hybridized carbons (Fsp3) is 0.355. The Morgan fingerprint density at radius 1 is 1.10 bits per heavy atom. The van der Waals surface area contributed by atoms with Gasteiger partial charge >= 0.3 is 0 Å². The van der Waals surface area contributed by atoms with Gasteiger partial charge in [-0.05, 0) is 90.0 Å². The van der Waals surface area contributed by atoms with Gasteiger partial charge in [0.25, 0.3) is 5.56 Å². The van der Waals surface area contributed by atoms with E-state index in [1.807, 2.05) is 54.1 Å². The van der Waals surface area contributed by atoms with E-state index in [1.54, 1.807) is 13.4 Å². The predicted octanol–water partition coefficient (Wildman–Crippen LogP) is 5.64. The zero-order chi connectivity index (χ0) is 27.6. The molecule has 1 N–H and O–H groups in total. The molecule has 40 heavy (non-hydrogen) atoms. The average molecular weight is 539 g/mol. The lowest BCUT2D eigenvalue weighted by atomic mass is 9.99. The van der Waals surface area contributed by atoms with Crippen molar-refractivity contribution >= 4 is 10.9 Å². The molecular formula is C31H34N6O3. The van der Waals surface area contributed by atoms with E-state index in [4.69, 9.17) is 9.15 Å². The smallest absolute Gasteiger partial charge is 0.253 e. The van der Waals surface area contributed by atoms with Crippen LogP contribution in [0.1, 0.15) is 71.6 Å². The molecule has 0 saturated heterocycles. The summed E-state index contributed by atoms with van der Waals surface area (Å²) in [5, 5.41) is 14.1. The summed E-state index contributed by atoms with van der Waals surface area (Å²) in [6.07, 6.45) is 6.01. The largest absolute Gasteiger partial charge is 0.497 e. The highest BCUT2D eigenvalue weighted by Crippen LogP contribution is 2.35. The number of aryl methyl sites for hydroxylation is 2. The zero-order valence-electron chi connectivity index (χ0n) is 23.1. The van der Waals surface area contributed by atoms with Crippen LogP contribution in [0.25, 0.3) is 10.9 Å². The van der Waals surface area contributed by atoms with E-state index < -0.39 is 6.04 Å². The highest BCUT2D eigenvalue weighted by atomic mass is 16.5. The lowest BCUT2D eigenvalue weighted by Gasteiger charge is -2.31. The van der Waals surface area contributed by atoms with E-state index >= 15 is 0 Å². The van der Waals surface area contributed by atoms with Crippen LogP contribution < -0.4 is 10.3 Å². The van der Waals surface area contributed by atoms with Crippen LogP contribution in [0.15, 0.2) is 70.1 Å². The Kier molecular flexibility index (Phi) is 7.21. The first-order valence-electron chi connectivity index (χ1n) is 13.8. The molecule has 0 aliphatic heterocycles. The number of nitrogens with one attached hydrogen (secondary N) is 1. The standard InChI is InChI=1S/C31H34N6O3/c1-20-15-21(2)28-23(16-20)17-27(31(38)32-28)29(30-33-34-35-37(30)24-7-4-5-8-24)36(19-26-9-6-14-40-26)18-22-10-12-25(39-3)13-11-22/h6,9-17,24,29H,4-5,7-8,18-19H2,1-3H3,(H,32,38). The van der Waals surface area contributed by atoms with E-state index in [1.165, 1.54) is 0 Å². The van der Waals surface area contributed by atoms with E-state index in [0.29, 0.717) is 24.5 Å². The molecule has 0 radical (unpaired) electrons. The highest BCUT2D eigenvalue weighted by molar-refractivity contribution is 5.83. The summed E-state index contributed by atoms with van der Waals surface area (Å²) in [6, 6.07) is 17.7. The molecule has 3 heterocycles. The van der Waals surface area contributed by atoms with E-state index in [2.05, 4.69) is 44.5 Å². The molecule has 1 fully saturated rings. The first kappa shape index (κ1) is 26.0. The number of fused-ring (bicyclic) bond motifs is 1. The monoisotopic (exact) mass is 538 g/mol. The molecule has 206 valence electrons. The van der Waals surface area contributed by atoms with Crippen molar-refractivity contribution in [2.24, 2.45) is 0 Å². The van der Waals surface area contributed by atoms with Crippen molar-refractivity contribution in [3.8, 4) is 5.75 Å². The quantitative estimate of drug-likeness (QED) is 0.259. The van der Waals surface area contributed by atoms with Gasteiger partial charge in [0.05, 0.1) is 31.5 Å². The third-order valence-corrected chi connectivity index (χ3v) is 7.90. The number of hydrogen-bond acceptors (Lipinski definition) is 7. The summed E-state index contributed by atoms with van der Waals surface area (Å²) in [5.41, 5.74) is 4.55. The molecule has 1 saturated carbocycles. The number of tetrazole rings is 1. The Labute approximate surface area is 232 Å². The summed E-state index contributed by atoms with van der Waals surface area (Å²) in [7, 11) is 1.66. The van der Waals surface area contributed by atoms with Gasteiger partial charge in [0.1, 0.15) is 17.6 Å². The lowest BCUT2D eigenvalue weighted by Crippen LogP contribution is -2.35. The van der Waals surface area contributed by atoms with Gasteiger partial charge in [0.2, 0.25) is 0 Å². The first-order valence-corrected chi connectivity index (χ1v) is 13.8. The number of H-pyrrole nitrogens is 1. The number of benzene rings is 2. The number of pyridine rings is 1. The molecule has 1 unspecified atom stereocenters. The van der Waals surface area contributed by atoms with Gasteiger partial charge in [-0.1, -0.05) is 36.6 Å². The third-order valence-electron chi connectivity index (χ3n) is 7.90. The number of aromatic amines is 1. The Bertz CT molecular complexity index is 1650. The number of aromatic nitrogens is 5. The van der Waals surface area contributed by atoms with Gasteiger partial charge in [0, 0.05) is 12.1 Å². The minimum atomic E-state index is -0.517. The molecule has 1 aliphatic rings. The van der Waals surface area contributed by atoms with Gasteiger partial charge in [-0.2, -0.15) is 0 Å². The van der Waals surface area contributed by atoms with Crippen LogP contribution in [-0.2, 0) is 13.1 Å². The molecule has 0 spiro atoms. The Hall–Kier alpha value is -4.24. The normalized spacial score (nSPS) is 14.8. The van der Waals surface area contributed by atoms with E-state index in [0.717, 1.165) is 64.8 Å². The maximum Gasteiger partial charge on any atom is 0.253 e. The summed E-state index contributed by atoms with van der Waals surface area (Å²) >= 11 is 0. The Balaban J connectivity index is 1.53. The minimum absolute atomic E-state index is 0.149. The van der Waals surface area contributed by atoms with Gasteiger partial charge in [-0.15, -0.1) is 5.10 Å². The van der Waals surface area contributed by atoms with Crippen molar-refractivity contribution in [2.75, 3.05) is 7.11 Å². The van der Waals surface area contributed by atoms with Gasteiger partial charge in [-0.3, -0.25) is 9.69 Å². The van der Waals surface area contributed by atoms with Crippen LogP contribution in [-0.4, -0.2) is 37.2 Å². The van der Waals surface area contributed by atoms with Gasteiger partial charge in [-0.25, -0.2) is 4.68 Å². The predicted molar refractivity (Wildman–Crippen MR) is 152 cm³/mol.